The molecule has 1 aliphatic carbocycles. The Bertz CT molecular complexity index is 1610. The first-order valence-electron chi connectivity index (χ1n) is 11.8. The molecule has 1 heterocycles. The summed E-state index contributed by atoms with van der Waals surface area (Å²) in [6.07, 6.45) is 2.90. The van der Waals surface area contributed by atoms with Gasteiger partial charge in [-0.2, -0.15) is 0 Å². The van der Waals surface area contributed by atoms with Gasteiger partial charge in [-0.25, -0.2) is 9.97 Å². The number of nitrogens with two attached hydrogens (primary N) is 1. The first kappa shape index (κ1) is 23.9. The summed E-state index contributed by atoms with van der Waals surface area (Å²) in [6, 6.07) is 14.4. The van der Waals surface area contributed by atoms with Crippen LogP contribution in [-0.2, 0) is 13.0 Å². The number of fused-ring (bicyclic) bond motifs is 1. The zero-order chi connectivity index (χ0) is 26.1. The van der Waals surface area contributed by atoms with Crippen LogP contribution in [0, 0.1) is 6.92 Å². The lowest BCUT2D eigenvalue weighted by Gasteiger charge is -2.14. The number of rotatable bonds is 7. The van der Waals surface area contributed by atoms with Crippen molar-refractivity contribution in [2.45, 2.75) is 32.4 Å². The molecule has 10 nitrogen and oxygen atoms in total. The molecule has 1 aromatic heterocycles. The second-order valence-electron chi connectivity index (χ2n) is 9.01. The van der Waals surface area contributed by atoms with Crippen LogP contribution in [0.5, 0.6) is 0 Å². The molecule has 3 aromatic carbocycles. The first-order chi connectivity index (χ1) is 17.8. The maximum atomic E-state index is 12.9. The van der Waals surface area contributed by atoms with Gasteiger partial charge in [0, 0.05) is 18.3 Å². The maximum Gasteiger partial charge on any atom is 0.270 e. The van der Waals surface area contributed by atoms with Crippen molar-refractivity contribution in [3.8, 4) is 0 Å². The Hall–Kier alpha value is -4.86. The van der Waals surface area contributed by atoms with Crippen molar-refractivity contribution in [2.24, 2.45) is 0 Å². The number of nitrogens with one attached hydrogen (secondary N) is 3. The average molecular weight is 497 g/mol. The summed E-state index contributed by atoms with van der Waals surface area (Å²) in [5.74, 6) is -0.838. The lowest BCUT2D eigenvalue weighted by molar-refractivity contribution is 0.0931. The zero-order valence-electron chi connectivity index (χ0n) is 20.0. The Morgan fingerprint density at radius 3 is 2.57 bits per heavy atom. The van der Waals surface area contributed by atoms with E-state index in [4.69, 9.17) is 5.73 Å². The van der Waals surface area contributed by atoms with Gasteiger partial charge in [-0.15, -0.1) is 0 Å². The lowest BCUT2D eigenvalue weighted by atomic mass is 10.1. The van der Waals surface area contributed by atoms with Crippen molar-refractivity contribution in [3.63, 3.8) is 0 Å². The number of nitrogens with zero attached hydrogens (tertiary/aromatic N) is 2. The van der Waals surface area contributed by atoms with Crippen LogP contribution in [0.25, 0.3) is 0 Å². The van der Waals surface area contributed by atoms with E-state index in [1.165, 1.54) is 23.5 Å². The van der Waals surface area contributed by atoms with Crippen LogP contribution in [0.2, 0.25) is 0 Å². The number of nitrogen functional groups attached to an aromatic ring is 1. The standard InChI is InChI=1S/C27H24N6O4/c1-14-5-7-18-16(9-14)6-8-19(18)33-27(37)21-11-20(30-13-31-21)26(36)29-12-15-3-2-4-17(10-15)32-23-22(28)24(34)25(23)35/h2-5,7,9-11,13,19,32H,6,8,12,28H2,1H3,(H,29,36)(H,33,37)/t19-/m0/s1. The van der Waals surface area contributed by atoms with Crippen LogP contribution < -0.4 is 32.5 Å². The van der Waals surface area contributed by atoms with Crippen LogP contribution in [0.3, 0.4) is 0 Å². The summed E-state index contributed by atoms with van der Waals surface area (Å²) >= 11 is 0. The molecule has 0 saturated heterocycles. The van der Waals surface area contributed by atoms with E-state index < -0.39 is 16.8 Å². The van der Waals surface area contributed by atoms with E-state index in [2.05, 4.69) is 32.0 Å². The van der Waals surface area contributed by atoms with Crippen molar-refractivity contribution in [1.29, 1.82) is 0 Å². The predicted molar refractivity (Wildman–Crippen MR) is 138 cm³/mol. The minimum atomic E-state index is -0.702. The van der Waals surface area contributed by atoms with Gasteiger partial charge in [-0.3, -0.25) is 19.2 Å². The summed E-state index contributed by atoms with van der Waals surface area (Å²) in [4.78, 5) is 56.5. The zero-order valence-corrected chi connectivity index (χ0v) is 20.0. The SMILES string of the molecule is Cc1ccc2c(c1)CC[C@@H]2NC(=O)c1cc(C(=O)NCc2cccc(Nc3c(N)c(=O)c3=O)c2)ncn1. The first-order valence-corrected chi connectivity index (χ1v) is 11.8. The van der Waals surface area contributed by atoms with Crippen LogP contribution in [-0.4, -0.2) is 21.8 Å². The summed E-state index contributed by atoms with van der Waals surface area (Å²) in [5, 5.41) is 8.60. The number of carbonyl (C=O) groups excluding carboxylic acids is 2. The largest absolute Gasteiger partial charge is 0.394 e. The van der Waals surface area contributed by atoms with Crippen LogP contribution in [0.4, 0.5) is 17.1 Å². The Balaban J connectivity index is 1.21. The van der Waals surface area contributed by atoms with E-state index in [1.807, 2.05) is 19.1 Å². The third-order valence-corrected chi connectivity index (χ3v) is 6.41. The number of amides is 2. The lowest BCUT2D eigenvalue weighted by Crippen LogP contribution is -2.36. The van der Waals surface area contributed by atoms with E-state index in [0.717, 1.165) is 24.0 Å². The summed E-state index contributed by atoms with van der Waals surface area (Å²) in [5.41, 5.74) is 9.15. The summed E-state index contributed by atoms with van der Waals surface area (Å²) < 4.78 is 0. The van der Waals surface area contributed by atoms with E-state index in [1.54, 1.807) is 24.3 Å². The quantitative estimate of drug-likeness (QED) is 0.283. The van der Waals surface area contributed by atoms with Crippen LogP contribution >= 0.6 is 0 Å². The maximum absolute atomic E-state index is 12.9. The highest BCUT2D eigenvalue weighted by atomic mass is 16.2. The molecule has 0 unspecified atom stereocenters. The van der Waals surface area contributed by atoms with Crippen molar-refractivity contribution in [1.82, 2.24) is 20.6 Å². The van der Waals surface area contributed by atoms with Crippen LogP contribution in [0.1, 0.15) is 55.7 Å². The fraction of sp³-hybridized carbons (Fsp3) is 0.185. The van der Waals surface area contributed by atoms with Crippen LogP contribution in [0.15, 0.2) is 64.4 Å². The van der Waals surface area contributed by atoms with Gasteiger partial charge in [0.25, 0.3) is 22.7 Å². The summed E-state index contributed by atoms with van der Waals surface area (Å²) in [7, 11) is 0. The molecule has 1 atom stereocenters. The monoisotopic (exact) mass is 496 g/mol. The number of hydrogen-bond acceptors (Lipinski definition) is 8. The molecule has 186 valence electrons. The Kier molecular flexibility index (Phi) is 6.22. The van der Waals surface area contributed by atoms with Gasteiger partial charge in [-0.1, -0.05) is 35.9 Å². The highest BCUT2D eigenvalue weighted by Crippen LogP contribution is 2.31. The predicted octanol–water partition coefficient (Wildman–Crippen LogP) is 2.05. The molecule has 0 aliphatic heterocycles. The Morgan fingerprint density at radius 2 is 1.78 bits per heavy atom. The van der Waals surface area contributed by atoms with Gasteiger partial charge in [0.1, 0.15) is 29.1 Å². The highest BCUT2D eigenvalue weighted by Gasteiger charge is 2.25. The molecule has 37 heavy (non-hydrogen) atoms. The van der Waals surface area contributed by atoms with E-state index >= 15 is 0 Å². The normalized spacial score (nSPS) is 14.2. The molecule has 0 bridgehead atoms. The molecule has 2 amide bonds. The number of aryl methyl sites for hydroxylation is 2. The molecule has 5 N–H and O–H groups in total. The molecule has 0 radical (unpaired) electrons. The molecule has 4 aromatic rings. The molecule has 0 fully saturated rings. The molecular formula is C27H24N6O4. The Labute approximate surface area is 211 Å². The van der Waals surface area contributed by atoms with Gasteiger partial charge >= 0.3 is 0 Å². The van der Waals surface area contributed by atoms with Gasteiger partial charge < -0.3 is 21.7 Å². The average Bonchev–Trinajstić information content (AvgIpc) is 3.31. The third kappa shape index (κ3) is 4.81. The second-order valence-corrected chi connectivity index (χ2v) is 9.01. The minimum absolute atomic E-state index is 0.0633. The summed E-state index contributed by atoms with van der Waals surface area (Å²) in [6.45, 7) is 2.21. The number of carbonyl (C=O) groups is 2. The molecule has 0 spiro atoms. The van der Waals surface area contributed by atoms with E-state index in [-0.39, 0.29) is 41.3 Å². The molecule has 10 heteroatoms. The number of aromatic nitrogens is 2. The number of hydrogen-bond donors (Lipinski definition) is 4. The van der Waals surface area contributed by atoms with Crippen molar-refractivity contribution in [2.75, 3.05) is 11.1 Å². The smallest absolute Gasteiger partial charge is 0.270 e. The molecule has 0 saturated carbocycles. The van der Waals surface area contributed by atoms with Crippen molar-refractivity contribution >= 4 is 28.9 Å². The van der Waals surface area contributed by atoms with Gasteiger partial charge in [0.2, 0.25) is 0 Å². The molecule has 1 aliphatic rings. The van der Waals surface area contributed by atoms with Crippen molar-refractivity contribution < 1.29 is 9.59 Å². The second kappa shape index (κ2) is 9.65. The Morgan fingerprint density at radius 1 is 1.00 bits per heavy atom. The molecule has 5 rings (SSSR count). The minimum Gasteiger partial charge on any atom is -0.394 e. The third-order valence-electron chi connectivity index (χ3n) is 6.41. The van der Waals surface area contributed by atoms with E-state index in [9.17, 15) is 19.2 Å². The van der Waals surface area contributed by atoms with Gasteiger partial charge in [0.15, 0.2) is 0 Å². The van der Waals surface area contributed by atoms with Gasteiger partial charge in [-0.05, 0) is 48.6 Å². The topological polar surface area (TPSA) is 156 Å². The number of benzene rings is 2. The fourth-order valence-electron chi connectivity index (χ4n) is 4.44. The van der Waals surface area contributed by atoms with E-state index in [0.29, 0.717) is 5.69 Å². The molecular weight excluding hydrogens is 472 g/mol. The number of anilines is 3. The van der Waals surface area contributed by atoms with Crippen molar-refractivity contribution in [3.05, 3.63) is 109 Å². The van der Waals surface area contributed by atoms with Gasteiger partial charge in [0.05, 0.1) is 6.04 Å². The fourth-order valence-corrected chi connectivity index (χ4v) is 4.44. The highest BCUT2D eigenvalue weighted by molar-refractivity contribution is 5.97.